The number of ether oxygens (including phenoxy) is 2. The molecule has 1 aromatic carbocycles. The van der Waals surface area contributed by atoms with Crippen molar-refractivity contribution in [3.63, 3.8) is 0 Å². The lowest BCUT2D eigenvalue weighted by Crippen LogP contribution is -2.42. The first-order valence-corrected chi connectivity index (χ1v) is 18.0. The van der Waals surface area contributed by atoms with Gasteiger partial charge in [0.05, 0.1) is 11.7 Å². The molecule has 0 aliphatic heterocycles. The summed E-state index contributed by atoms with van der Waals surface area (Å²) in [5.41, 5.74) is 0.821. The number of amides is 1. The van der Waals surface area contributed by atoms with Gasteiger partial charge in [0.25, 0.3) is 10.0 Å². The van der Waals surface area contributed by atoms with Crippen molar-refractivity contribution in [1.29, 1.82) is 0 Å². The number of anilines is 1. The zero-order chi connectivity index (χ0) is 35.8. The van der Waals surface area contributed by atoms with Crippen LogP contribution in [0, 0.1) is 0 Å². The quantitative estimate of drug-likeness (QED) is 0.136. The number of rotatable bonds is 14. The monoisotopic (exact) mass is 680 g/mol. The van der Waals surface area contributed by atoms with Crippen LogP contribution < -0.4 is 9.62 Å². The molecule has 0 aliphatic rings. The molecule has 1 N–H and O–H groups in total. The van der Waals surface area contributed by atoms with Gasteiger partial charge in [0.2, 0.25) is 0 Å². The highest BCUT2D eigenvalue weighted by Gasteiger charge is 2.30. The summed E-state index contributed by atoms with van der Waals surface area (Å²) in [6.07, 6.45) is 5.46. The van der Waals surface area contributed by atoms with Gasteiger partial charge < -0.3 is 9.47 Å². The van der Waals surface area contributed by atoms with E-state index in [4.69, 9.17) is 14.5 Å². The molecular formula is C37H52N4O6S. The maximum atomic E-state index is 13.5. The number of benzene rings is 1. The number of pyridine rings is 2. The Morgan fingerprint density at radius 3 is 2.10 bits per heavy atom. The molecule has 11 heteroatoms. The van der Waals surface area contributed by atoms with Crippen molar-refractivity contribution >= 4 is 27.9 Å². The maximum absolute atomic E-state index is 13.5. The van der Waals surface area contributed by atoms with Crippen molar-refractivity contribution in [3.8, 4) is 0 Å². The minimum atomic E-state index is -4.07. The molecule has 1 amide bonds. The zero-order valence-electron chi connectivity index (χ0n) is 29.9. The van der Waals surface area contributed by atoms with Gasteiger partial charge in [-0.1, -0.05) is 76.4 Å². The molecule has 1 unspecified atom stereocenters. The number of unbranched alkanes of at least 4 members (excludes halogenated alkanes) is 2. The van der Waals surface area contributed by atoms with Crippen molar-refractivity contribution in [1.82, 2.24) is 14.7 Å². The summed E-state index contributed by atoms with van der Waals surface area (Å²) in [5, 5.41) is -0.129. The highest BCUT2D eigenvalue weighted by atomic mass is 32.2. The molecule has 3 aromatic rings. The van der Waals surface area contributed by atoms with Crippen LogP contribution in [-0.4, -0.2) is 48.2 Å². The van der Waals surface area contributed by atoms with Crippen LogP contribution in [0.1, 0.15) is 111 Å². The van der Waals surface area contributed by atoms with E-state index < -0.39 is 45.9 Å². The lowest BCUT2D eigenvalue weighted by atomic mass is 9.79. The van der Waals surface area contributed by atoms with Gasteiger partial charge in [-0.25, -0.2) is 27.9 Å². The van der Waals surface area contributed by atoms with E-state index in [1.807, 2.05) is 12.1 Å². The molecule has 10 nitrogen and oxygen atoms in total. The largest absolute Gasteiger partial charge is 0.459 e. The molecule has 1 atom stereocenters. The number of carbonyl (C=O) groups excluding carboxylic acids is 2. The van der Waals surface area contributed by atoms with Gasteiger partial charge in [0.15, 0.2) is 5.03 Å². The lowest BCUT2D eigenvalue weighted by molar-refractivity contribution is -0.153. The van der Waals surface area contributed by atoms with E-state index in [0.29, 0.717) is 5.69 Å². The minimum Gasteiger partial charge on any atom is -0.459 e. The Hall–Kier alpha value is -3.83. The fraction of sp³-hybridized carbons (Fsp3) is 0.514. The van der Waals surface area contributed by atoms with Crippen molar-refractivity contribution in [3.05, 3.63) is 83.7 Å². The van der Waals surface area contributed by atoms with Crippen LogP contribution >= 0.6 is 0 Å². The molecule has 0 fully saturated rings. The number of sulfonamides is 1. The predicted molar refractivity (Wildman–Crippen MR) is 188 cm³/mol. The van der Waals surface area contributed by atoms with Gasteiger partial charge >= 0.3 is 12.1 Å². The molecule has 0 saturated carbocycles. The molecule has 262 valence electrons. The maximum Gasteiger partial charge on any atom is 0.416 e. The standard InChI is InChI=1S/C37H52N4O6S/c1-10-11-13-23-37(8,9)28-21-19-27(20-22-28)25-30(40-48(44,45)32-18-12-14-24-38-32)29-16-15-17-31(39-29)41(34(43)47-36(5,6)7)26-33(42)46-35(2,3)4/h12,14-22,24,30,40H,10-11,13,23,25-26H2,1-9H3. The van der Waals surface area contributed by atoms with E-state index in [1.54, 1.807) is 71.9 Å². The molecule has 0 saturated heterocycles. The third-order valence-electron chi connectivity index (χ3n) is 7.50. The third-order valence-corrected chi connectivity index (χ3v) is 8.89. The van der Waals surface area contributed by atoms with E-state index in [0.717, 1.165) is 29.7 Å². The number of nitrogens with one attached hydrogen (secondary N) is 1. The molecular weight excluding hydrogens is 628 g/mol. The summed E-state index contributed by atoms with van der Waals surface area (Å²) in [7, 11) is -4.07. The Labute approximate surface area is 286 Å². The number of esters is 1. The molecule has 0 spiro atoms. The van der Waals surface area contributed by atoms with Gasteiger partial charge in [0.1, 0.15) is 23.6 Å². The fourth-order valence-electron chi connectivity index (χ4n) is 5.09. The predicted octanol–water partition coefficient (Wildman–Crippen LogP) is 7.68. The first-order chi connectivity index (χ1) is 22.3. The summed E-state index contributed by atoms with van der Waals surface area (Å²) in [4.78, 5) is 36.1. The molecule has 0 bridgehead atoms. The van der Waals surface area contributed by atoms with Crippen LogP contribution in [0.25, 0.3) is 0 Å². The first kappa shape index (κ1) is 38.6. The molecule has 2 aromatic heterocycles. The summed E-state index contributed by atoms with van der Waals surface area (Å²) < 4.78 is 40.9. The molecule has 2 heterocycles. The summed E-state index contributed by atoms with van der Waals surface area (Å²) in [6.45, 7) is 16.6. The van der Waals surface area contributed by atoms with Gasteiger partial charge in [0, 0.05) is 6.20 Å². The Morgan fingerprint density at radius 1 is 0.854 bits per heavy atom. The van der Waals surface area contributed by atoms with Crippen LogP contribution in [0.3, 0.4) is 0 Å². The Kier molecular flexibility index (Phi) is 12.9. The van der Waals surface area contributed by atoms with Crippen LogP contribution in [0.2, 0.25) is 0 Å². The minimum absolute atomic E-state index is 0.00279. The SMILES string of the molecule is CCCCCC(C)(C)c1ccc(CC(NS(=O)(=O)c2ccccn2)c2cccc(N(CC(=O)OC(C)(C)C)C(=O)OC(C)(C)C)n2)cc1. The third kappa shape index (κ3) is 12.0. The fourth-order valence-corrected chi connectivity index (χ4v) is 6.25. The summed E-state index contributed by atoms with van der Waals surface area (Å²) in [5.74, 6) is -0.538. The second kappa shape index (κ2) is 16.0. The van der Waals surface area contributed by atoms with E-state index in [2.05, 4.69) is 42.6 Å². The number of aromatic nitrogens is 2. The Balaban J connectivity index is 2.02. The lowest BCUT2D eigenvalue weighted by Gasteiger charge is -2.28. The second-order valence-electron chi connectivity index (χ2n) is 14.7. The van der Waals surface area contributed by atoms with Crippen molar-refractivity contribution < 1.29 is 27.5 Å². The first-order valence-electron chi connectivity index (χ1n) is 16.5. The van der Waals surface area contributed by atoms with Crippen LogP contribution in [0.5, 0.6) is 0 Å². The summed E-state index contributed by atoms with van der Waals surface area (Å²) in [6, 6.07) is 16.9. The van der Waals surface area contributed by atoms with Crippen LogP contribution in [-0.2, 0) is 36.1 Å². The highest BCUT2D eigenvalue weighted by Crippen LogP contribution is 2.31. The average Bonchev–Trinajstić information content (AvgIpc) is 2.98. The Morgan fingerprint density at radius 2 is 1.52 bits per heavy atom. The van der Waals surface area contributed by atoms with Crippen molar-refractivity contribution in [2.45, 2.75) is 122 Å². The number of carbonyl (C=O) groups is 2. The Bertz CT molecular complexity index is 1610. The van der Waals surface area contributed by atoms with E-state index in [9.17, 15) is 18.0 Å². The van der Waals surface area contributed by atoms with E-state index >= 15 is 0 Å². The van der Waals surface area contributed by atoms with Gasteiger partial charge in [-0.3, -0.25) is 9.69 Å². The molecule has 48 heavy (non-hydrogen) atoms. The van der Waals surface area contributed by atoms with Gasteiger partial charge in [-0.2, -0.15) is 0 Å². The smallest absolute Gasteiger partial charge is 0.416 e. The second-order valence-corrected chi connectivity index (χ2v) is 16.3. The van der Waals surface area contributed by atoms with Crippen molar-refractivity contribution in [2.24, 2.45) is 0 Å². The van der Waals surface area contributed by atoms with Gasteiger partial charge in [-0.15, -0.1) is 0 Å². The average molecular weight is 681 g/mol. The highest BCUT2D eigenvalue weighted by molar-refractivity contribution is 7.89. The van der Waals surface area contributed by atoms with Crippen LogP contribution in [0.4, 0.5) is 10.6 Å². The topological polar surface area (TPSA) is 128 Å². The van der Waals surface area contributed by atoms with Crippen LogP contribution in [0.15, 0.2) is 71.9 Å². The van der Waals surface area contributed by atoms with Gasteiger partial charge in [-0.05, 0) is 95.2 Å². The van der Waals surface area contributed by atoms with E-state index in [-0.39, 0.29) is 22.7 Å². The van der Waals surface area contributed by atoms with Crippen molar-refractivity contribution in [2.75, 3.05) is 11.4 Å². The molecule has 0 aliphatic carbocycles. The molecule has 0 radical (unpaired) electrons. The van der Waals surface area contributed by atoms with E-state index in [1.165, 1.54) is 24.2 Å². The normalized spacial score (nSPS) is 13.1. The number of nitrogens with zero attached hydrogens (tertiary/aromatic N) is 3. The zero-order valence-corrected chi connectivity index (χ0v) is 30.7. The summed E-state index contributed by atoms with van der Waals surface area (Å²) >= 11 is 0. The number of hydrogen-bond donors (Lipinski definition) is 1. The molecule has 3 rings (SSSR count). The number of hydrogen-bond acceptors (Lipinski definition) is 8.